The lowest BCUT2D eigenvalue weighted by molar-refractivity contribution is 0.0511. The van der Waals surface area contributed by atoms with Crippen molar-refractivity contribution in [3.05, 3.63) is 35.6 Å². The molecule has 0 atom stereocenters. The summed E-state index contributed by atoms with van der Waals surface area (Å²) >= 11 is 0. The van der Waals surface area contributed by atoms with E-state index in [2.05, 4.69) is 10.6 Å². The Labute approximate surface area is 118 Å². The molecule has 1 aliphatic heterocycles. The highest BCUT2D eigenvalue weighted by Crippen LogP contribution is 2.28. The summed E-state index contributed by atoms with van der Waals surface area (Å²) in [6, 6.07) is 6.03. The Kier molecular flexibility index (Phi) is 5.09. The van der Waals surface area contributed by atoms with Gasteiger partial charge in [0.25, 0.3) is 5.91 Å². The van der Waals surface area contributed by atoms with Crippen molar-refractivity contribution in [3.8, 4) is 0 Å². The van der Waals surface area contributed by atoms with E-state index in [0.29, 0.717) is 13.2 Å². The first kappa shape index (κ1) is 14.9. The van der Waals surface area contributed by atoms with Crippen molar-refractivity contribution < 1.29 is 13.9 Å². The number of hydrogen-bond donors (Lipinski definition) is 2. The molecule has 2 N–H and O–H groups in total. The van der Waals surface area contributed by atoms with Gasteiger partial charge >= 0.3 is 0 Å². The van der Waals surface area contributed by atoms with Gasteiger partial charge in [-0.3, -0.25) is 4.79 Å². The molecule has 1 fully saturated rings. The molecule has 1 aromatic rings. The summed E-state index contributed by atoms with van der Waals surface area (Å²) in [5, 5.41) is 6.15. The van der Waals surface area contributed by atoms with Crippen LogP contribution in [-0.4, -0.2) is 39.3 Å². The maximum absolute atomic E-state index is 13.6. The second-order valence-corrected chi connectivity index (χ2v) is 5.35. The van der Waals surface area contributed by atoms with Crippen molar-refractivity contribution in [1.82, 2.24) is 10.6 Å². The average Bonchev–Trinajstić information content (AvgIpc) is 2.47. The normalized spacial score (nSPS) is 17.7. The van der Waals surface area contributed by atoms with Gasteiger partial charge in [-0.05, 0) is 38.1 Å². The molecule has 0 saturated carbocycles. The zero-order valence-electron chi connectivity index (χ0n) is 11.7. The van der Waals surface area contributed by atoms with Gasteiger partial charge in [-0.2, -0.15) is 0 Å². The van der Waals surface area contributed by atoms with Crippen molar-refractivity contribution in [1.29, 1.82) is 0 Å². The molecule has 0 unspecified atom stereocenters. The summed E-state index contributed by atoms with van der Waals surface area (Å²) in [6.07, 6.45) is 1.89. The molecule has 5 heteroatoms. The van der Waals surface area contributed by atoms with Gasteiger partial charge in [-0.25, -0.2) is 4.39 Å². The van der Waals surface area contributed by atoms with Crippen LogP contribution in [0.15, 0.2) is 24.3 Å². The highest BCUT2D eigenvalue weighted by atomic mass is 19.1. The number of ether oxygens (including phenoxy) is 1. The Morgan fingerprint density at radius 1 is 1.40 bits per heavy atom. The Bertz CT molecular complexity index is 453. The van der Waals surface area contributed by atoms with E-state index in [9.17, 15) is 9.18 Å². The van der Waals surface area contributed by atoms with E-state index in [1.54, 1.807) is 19.2 Å². The van der Waals surface area contributed by atoms with Crippen LogP contribution in [0.5, 0.6) is 0 Å². The molecule has 0 spiro atoms. The van der Waals surface area contributed by atoms with E-state index in [1.165, 1.54) is 12.1 Å². The second kappa shape index (κ2) is 6.81. The van der Waals surface area contributed by atoms with Crippen molar-refractivity contribution in [2.45, 2.75) is 12.8 Å². The monoisotopic (exact) mass is 280 g/mol. The summed E-state index contributed by atoms with van der Waals surface area (Å²) in [5.74, 6) is -0.854. The molecule has 4 nitrogen and oxygen atoms in total. The van der Waals surface area contributed by atoms with Crippen molar-refractivity contribution >= 4 is 5.91 Å². The SMILES string of the molecule is COCC1(CNC(=O)c2ccccc2F)CCNCC1. The number of carbonyl (C=O) groups excluding carboxylic acids is 1. The van der Waals surface area contributed by atoms with Gasteiger partial charge in [0, 0.05) is 19.1 Å². The summed E-state index contributed by atoms with van der Waals surface area (Å²) in [6.45, 7) is 2.94. The third-order valence-corrected chi connectivity index (χ3v) is 3.86. The fourth-order valence-electron chi connectivity index (χ4n) is 2.64. The molecule has 1 aromatic carbocycles. The van der Waals surface area contributed by atoms with Gasteiger partial charge in [0.15, 0.2) is 0 Å². The number of hydrogen-bond acceptors (Lipinski definition) is 3. The molecule has 20 heavy (non-hydrogen) atoms. The number of nitrogens with one attached hydrogen (secondary N) is 2. The minimum Gasteiger partial charge on any atom is -0.384 e. The average molecular weight is 280 g/mol. The van der Waals surface area contributed by atoms with Gasteiger partial charge in [0.05, 0.1) is 12.2 Å². The number of rotatable bonds is 5. The zero-order valence-corrected chi connectivity index (χ0v) is 11.7. The standard InChI is InChI=1S/C15H21FN2O2/c1-20-11-15(6-8-17-9-7-15)10-18-14(19)12-4-2-3-5-13(12)16/h2-5,17H,6-11H2,1H3,(H,18,19). The quantitative estimate of drug-likeness (QED) is 0.861. The molecule has 110 valence electrons. The van der Waals surface area contributed by atoms with E-state index in [-0.39, 0.29) is 16.9 Å². The fourth-order valence-corrected chi connectivity index (χ4v) is 2.64. The van der Waals surface area contributed by atoms with E-state index >= 15 is 0 Å². The fraction of sp³-hybridized carbons (Fsp3) is 0.533. The van der Waals surface area contributed by atoms with Gasteiger partial charge in [-0.1, -0.05) is 12.1 Å². The number of halogens is 1. The maximum Gasteiger partial charge on any atom is 0.254 e. The molecule has 0 bridgehead atoms. The molecule has 0 aromatic heterocycles. The summed E-state index contributed by atoms with van der Waals surface area (Å²) in [7, 11) is 1.67. The summed E-state index contributed by atoms with van der Waals surface area (Å²) < 4.78 is 18.8. The highest BCUT2D eigenvalue weighted by Gasteiger charge is 2.32. The smallest absolute Gasteiger partial charge is 0.254 e. The largest absolute Gasteiger partial charge is 0.384 e. The van der Waals surface area contributed by atoms with Gasteiger partial charge in [-0.15, -0.1) is 0 Å². The lowest BCUT2D eigenvalue weighted by Crippen LogP contribution is -2.47. The van der Waals surface area contributed by atoms with Crippen LogP contribution >= 0.6 is 0 Å². The van der Waals surface area contributed by atoms with E-state index in [0.717, 1.165) is 25.9 Å². The van der Waals surface area contributed by atoms with E-state index in [4.69, 9.17) is 4.74 Å². The van der Waals surface area contributed by atoms with E-state index in [1.807, 2.05) is 0 Å². The van der Waals surface area contributed by atoms with E-state index < -0.39 is 5.82 Å². The Morgan fingerprint density at radius 2 is 2.10 bits per heavy atom. The third kappa shape index (κ3) is 3.55. The van der Waals surface area contributed by atoms with Crippen LogP contribution in [0, 0.1) is 11.2 Å². The van der Waals surface area contributed by atoms with Crippen LogP contribution in [0.1, 0.15) is 23.2 Å². The number of piperidine rings is 1. The summed E-state index contributed by atoms with van der Waals surface area (Å²) in [5.41, 5.74) is 0.0370. The second-order valence-electron chi connectivity index (χ2n) is 5.35. The zero-order chi connectivity index (χ0) is 14.4. The lowest BCUT2D eigenvalue weighted by atomic mass is 9.79. The third-order valence-electron chi connectivity index (χ3n) is 3.86. The van der Waals surface area contributed by atoms with Crippen LogP contribution < -0.4 is 10.6 Å². The maximum atomic E-state index is 13.6. The predicted molar refractivity (Wildman–Crippen MR) is 75.1 cm³/mol. The number of amides is 1. The number of methoxy groups -OCH3 is 1. The molecular weight excluding hydrogens is 259 g/mol. The Morgan fingerprint density at radius 3 is 2.75 bits per heavy atom. The van der Waals surface area contributed by atoms with Crippen LogP contribution in [0.2, 0.25) is 0 Å². The minimum atomic E-state index is -0.490. The number of benzene rings is 1. The molecule has 0 radical (unpaired) electrons. The molecular formula is C15H21FN2O2. The highest BCUT2D eigenvalue weighted by molar-refractivity contribution is 5.94. The van der Waals surface area contributed by atoms with Gasteiger partial charge in [0.2, 0.25) is 0 Å². The summed E-state index contributed by atoms with van der Waals surface area (Å²) in [4.78, 5) is 12.0. The van der Waals surface area contributed by atoms with Crippen LogP contribution in [-0.2, 0) is 4.74 Å². The van der Waals surface area contributed by atoms with Crippen LogP contribution in [0.4, 0.5) is 4.39 Å². The number of carbonyl (C=O) groups is 1. The molecule has 1 heterocycles. The molecule has 1 saturated heterocycles. The van der Waals surface area contributed by atoms with Crippen molar-refractivity contribution in [2.75, 3.05) is 33.4 Å². The molecule has 0 aliphatic carbocycles. The van der Waals surface area contributed by atoms with Gasteiger partial charge in [0.1, 0.15) is 5.82 Å². The van der Waals surface area contributed by atoms with Crippen LogP contribution in [0.3, 0.4) is 0 Å². The van der Waals surface area contributed by atoms with Gasteiger partial charge < -0.3 is 15.4 Å². The minimum absolute atomic E-state index is 0.0546. The Balaban J connectivity index is 1.99. The molecule has 1 amide bonds. The lowest BCUT2D eigenvalue weighted by Gasteiger charge is -2.37. The Hall–Kier alpha value is -1.46. The molecule has 1 aliphatic rings. The topological polar surface area (TPSA) is 50.4 Å². The van der Waals surface area contributed by atoms with Crippen molar-refractivity contribution in [3.63, 3.8) is 0 Å². The predicted octanol–water partition coefficient (Wildman–Crippen LogP) is 1.57. The molecule has 2 rings (SSSR count). The first-order valence-electron chi connectivity index (χ1n) is 6.89. The first-order chi connectivity index (χ1) is 9.67. The van der Waals surface area contributed by atoms with Crippen LogP contribution in [0.25, 0.3) is 0 Å². The first-order valence-corrected chi connectivity index (χ1v) is 6.89. The van der Waals surface area contributed by atoms with Crippen molar-refractivity contribution in [2.24, 2.45) is 5.41 Å².